The van der Waals surface area contributed by atoms with Crippen molar-refractivity contribution in [2.75, 3.05) is 0 Å². The highest BCUT2D eigenvalue weighted by molar-refractivity contribution is 6.48. The first-order valence-electron chi connectivity index (χ1n) is 5.72. The first kappa shape index (κ1) is 13.7. The molecule has 0 aromatic heterocycles. The van der Waals surface area contributed by atoms with Gasteiger partial charge in [0.1, 0.15) is 0 Å². The highest BCUT2D eigenvalue weighted by Gasteiger charge is 2.33. The Balaban J connectivity index is 2.60. The molecule has 4 nitrogen and oxygen atoms in total. The Morgan fingerprint density at radius 1 is 1.44 bits per heavy atom. The van der Waals surface area contributed by atoms with E-state index in [-0.39, 0.29) is 23.8 Å². The van der Waals surface area contributed by atoms with Crippen LogP contribution in [-0.2, 0) is 14.0 Å². The van der Waals surface area contributed by atoms with E-state index in [0.29, 0.717) is 6.42 Å². The minimum absolute atomic E-state index is 0.00613. The molecule has 1 heterocycles. The van der Waals surface area contributed by atoms with E-state index >= 15 is 0 Å². The second-order valence-electron chi connectivity index (χ2n) is 5.34. The first-order chi connectivity index (χ1) is 7.28. The zero-order valence-corrected chi connectivity index (χ0v) is 11.8. The summed E-state index contributed by atoms with van der Waals surface area (Å²) in [5.41, 5.74) is -0.255. The van der Waals surface area contributed by atoms with Gasteiger partial charge < -0.3 is 14.5 Å². The molecule has 16 heavy (non-hydrogen) atoms. The van der Waals surface area contributed by atoms with E-state index in [1.165, 1.54) is 0 Å². The molecule has 1 aliphatic heterocycles. The first-order valence-corrected chi connectivity index (χ1v) is 8.13. The molecule has 1 radical (unpaired) electrons. The molecule has 93 valence electrons. The van der Waals surface area contributed by atoms with Crippen LogP contribution in [0.1, 0.15) is 33.6 Å². The Hall–Kier alpha value is -0.393. The van der Waals surface area contributed by atoms with E-state index in [9.17, 15) is 4.79 Å². The van der Waals surface area contributed by atoms with Crippen LogP contribution in [0.2, 0.25) is 13.1 Å². The molecule has 0 aliphatic carbocycles. The number of hydrogen-bond donors (Lipinski definition) is 1. The Kier molecular flexibility index (Phi) is 4.52. The fourth-order valence-corrected chi connectivity index (χ4v) is 2.29. The van der Waals surface area contributed by atoms with Crippen LogP contribution in [0.5, 0.6) is 0 Å². The van der Waals surface area contributed by atoms with Gasteiger partial charge in [0.2, 0.25) is 14.9 Å². The molecule has 1 saturated heterocycles. The highest BCUT2D eigenvalue weighted by Crippen LogP contribution is 2.20. The quantitative estimate of drug-likeness (QED) is 0.604. The molecule has 1 rings (SSSR count). The van der Waals surface area contributed by atoms with E-state index in [0.717, 1.165) is 6.42 Å². The molecule has 0 saturated carbocycles. The van der Waals surface area contributed by atoms with Crippen molar-refractivity contribution >= 4 is 14.9 Å². The van der Waals surface area contributed by atoms with Crippen LogP contribution in [0.15, 0.2) is 0 Å². The van der Waals surface area contributed by atoms with Crippen LogP contribution in [0, 0.1) is 0 Å². The summed E-state index contributed by atoms with van der Waals surface area (Å²) in [7, 11) is -0.835. The molecule has 2 atom stereocenters. The lowest BCUT2D eigenvalue weighted by molar-refractivity contribution is -0.166. The van der Waals surface area contributed by atoms with Crippen molar-refractivity contribution in [3.63, 3.8) is 0 Å². The minimum Gasteiger partial charge on any atom is -0.391 e. The summed E-state index contributed by atoms with van der Waals surface area (Å²) < 4.78 is 11.7. The van der Waals surface area contributed by atoms with Crippen LogP contribution < -0.4 is 5.32 Å². The molecular formula is C11H22NO3Si. The Labute approximate surface area is 99.4 Å². The van der Waals surface area contributed by atoms with Gasteiger partial charge in [-0.15, -0.1) is 0 Å². The van der Waals surface area contributed by atoms with E-state index in [1.807, 2.05) is 20.8 Å². The summed E-state index contributed by atoms with van der Waals surface area (Å²) in [5, 5.41) is 2.91. The zero-order chi connectivity index (χ0) is 12.3. The Morgan fingerprint density at radius 3 is 2.44 bits per heavy atom. The van der Waals surface area contributed by atoms with Crippen molar-refractivity contribution in [1.29, 1.82) is 0 Å². The molecule has 0 bridgehead atoms. The summed E-state index contributed by atoms with van der Waals surface area (Å²) in [4.78, 5) is 11.2. The van der Waals surface area contributed by atoms with Crippen LogP contribution in [-0.4, -0.2) is 32.9 Å². The lowest BCUT2D eigenvalue weighted by atomic mass is 10.1. The Bertz CT molecular complexity index is 250. The molecule has 5 heteroatoms. The predicted octanol–water partition coefficient (Wildman–Crippen LogP) is 1.67. The van der Waals surface area contributed by atoms with Gasteiger partial charge in [0.05, 0.1) is 11.6 Å². The second-order valence-corrected chi connectivity index (χ2v) is 7.39. The van der Waals surface area contributed by atoms with E-state index < -0.39 is 9.04 Å². The number of rotatable bonds is 4. The fourth-order valence-electron chi connectivity index (χ4n) is 1.61. The highest BCUT2D eigenvalue weighted by atomic mass is 28.3. The average Bonchev–Trinajstić information content (AvgIpc) is 2.47. The van der Waals surface area contributed by atoms with Crippen molar-refractivity contribution in [1.82, 2.24) is 5.32 Å². The van der Waals surface area contributed by atoms with Gasteiger partial charge in [0.25, 0.3) is 0 Å². The maximum atomic E-state index is 11.2. The van der Waals surface area contributed by atoms with E-state index in [2.05, 4.69) is 18.4 Å². The van der Waals surface area contributed by atoms with E-state index in [4.69, 9.17) is 9.16 Å². The van der Waals surface area contributed by atoms with E-state index in [1.54, 1.807) is 0 Å². The molecule has 0 spiro atoms. The SMILES string of the molecule is C[Si](C)OC(OC(C)(C)C)[C@H]1CCC(=O)N1. The largest absolute Gasteiger partial charge is 0.391 e. The normalized spacial score (nSPS) is 23.6. The summed E-state index contributed by atoms with van der Waals surface area (Å²) in [5.74, 6) is 0.0945. The molecule has 1 fully saturated rings. The van der Waals surface area contributed by atoms with Gasteiger partial charge in [0.15, 0.2) is 6.29 Å². The zero-order valence-electron chi connectivity index (χ0n) is 10.8. The number of amides is 1. The Morgan fingerprint density at radius 2 is 2.06 bits per heavy atom. The number of hydrogen-bond acceptors (Lipinski definition) is 3. The van der Waals surface area contributed by atoms with Crippen LogP contribution in [0.3, 0.4) is 0 Å². The lowest BCUT2D eigenvalue weighted by Gasteiger charge is -2.32. The smallest absolute Gasteiger partial charge is 0.220 e. The maximum Gasteiger partial charge on any atom is 0.220 e. The van der Waals surface area contributed by atoms with Crippen molar-refractivity contribution in [2.45, 2.75) is 64.6 Å². The van der Waals surface area contributed by atoms with Crippen molar-refractivity contribution in [2.24, 2.45) is 0 Å². The fraction of sp³-hybridized carbons (Fsp3) is 0.909. The van der Waals surface area contributed by atoms with Gasteiger partial charge in [-0.3, -0.25) is 4.79 Å². The maximum absolute atomic E-state index is 11.2. The number of ether oxygens (including phenoxy) is 1. The third-order valence-corrected chi connectivity index (χ3v) is 2.88. The monoisotopic (exact) mass is 244 g/mol. The predicted molar refractivity (Wildman–Crippen MR) is 64.4 cm³/mol. The van der Waals surface area contributed by atoms with Gasteiger partial charge in [-0.2, -0.15) is 0 Å². The summed E-state index contributed by atoms with van der Waals surface area (Å²) in [6.45, 7) is 10.1. The topological polar surface area (TPSA) is 47.6 Å². The summed E-state index contributed by atoms with van der Waals surface area (Å²) in [6.07, 6.45) is 1.07. The summed E-state index contributed by atoms with van der Waals surface area (Å²) in [6, 6.07) is 0.00613. The number of carbonyl (C=O) groups excluding carboxylic acids is 1. The minimum atomic E-state index is -0.835. The van der Waals surface area contributed by atoms with Crippen molar-refractivity contribution in [3.05, 3.63) is 0 Å². The molecule has 1 aliphatic rings. The van der Waals surface area contributed by atoms with Gasteiger partial charge in [0, 0.05) is 6.42 Å². The van der Waals surface area contributed by atoms with Gasteiger partial charge in [-0.05, 0) is 40.3 Å². The van der Waals surface area contributed by atoms with Gasteiger partial charge in [-0.1, -0.05) is 0 Å². The summed E-state index contributed by atoms with van der Waals surface area (Å²) >= 11 is 0. The second kappa shape index (κ2) is 5.29. The van der Waals surface area contributed by atoms with Crippen molar-refractivity contribution < 1.29 is 14.0 Å². The lowest BCUT2D eigenvalue weighted by Crippen LogP contribution is -2.45. The van der Waals surface area contributed by atoms with Gasteiger partial charge in [-0.25, -0.2) is 0 Å². The molecule has 1 unspecified atom stereocenters. The molecule has 0 aromatic carbocycles. The molecule has 1 amide bonds. The van der Waals surface area contributed by atoms with Crippen LogP contribution >= 0.6 is 0 Å². The third kappa shape index (κ3) is 4.63. The molecule has 0 aromatic rings. The average molecular weight is 244 g/mol. The number of carbonyl (C=O) groups is 1. The van der Waals surface area contributed by atoms with Crippen LogP contribution in [0.25, 0.3) is 0 Å². The molecular weight excluding hydrogens is 222 g/mol. The molecule has 1 N–H and O–H groups in total. The third-order valence-electron chi connectivity index (χ3n) is 2.18. The van der Waals surface area contributed by atoms with Crippen molar-refractivity contribution in [3.8, 4) is 0 Å². The number of nitrogens with one attached hydrogen (secondary N) is 1. The van der Waals surface area contributed by atoms with Crippen LogP contribution in [0.4, 0.5) is 0 Å². The standard InChI is InChI=1S/C11H22NO3Si/c1-11(2,3)14-10(15-16(4)5)8-6-7-9(13)12-8/h8,10H,6-7H2,1-5H3,(H,12,13)/t8-,10?/m1/s1. The van der Waals surface area contributed by atoms with Gasteiger partial charge >= 0.3 is 0 Å².